The van der Waals surface area contributed by atoms with E-state index < -0.39 is 0 Å². The van der Waals surface area contributed by atoms with E-state index >= 15 is 0 Å². The quantitative estimate of drug-likeness (QED) is 0.395. The molecule has 0 saturated heterocycles. The predicted molar refractivity (Wildman–Crippen MR) is 49.1 cm³/mol. The highest BCUT2D eigenvalue weighted by atomic mass is 19.3. The predicted octanol–water partition coefficient (Wildman–Crippen LogP) is 1.47. The molecule has 4 nitrogen and oxygen atoms in total. The molecule has 0 aliphatic carbocycles. The van der Waals surface area contributed by atoms with Crippen molar-refractivity contribution in [1.29, 1.82) is 0 Å². The maximum absolute atomic E-state index is 11.0. The highest BCUT2D eigenvalue weighted by molar-refractivity contribution is 5.68. The fourth-order valence-electron chi connectivity index (χ4n) is 0.509. The molecule has 104 valence electrons. The van der Waals surface area contributed by atoms with Crippen molar-refractivity contribution >= 4 is 5.97 Å². The average Bonchev–Trinajstić information content (AvgIpc) is 2.10. The third-order valence-corrected chi connectivity index (χ3v) is 1.08. The van der Waals surface area contributed by atoms with Crippen LogP contribution in [0, 0.1) is 0 Å². The molecule has 0 spiro atoms. The van der Waals surface area contributed by atoms with Crippen LogP contribution in [-0.2, 0) is 19.2 Å². The molecule has 0 rings (SSSR count). The van der Waals surface area contributed by atoms with Gasteiger partial charge in [0.05, 0.1) is 13.2 Å². The molecule has 0 fully saturated rings. The number of rotatable bonds is 7. The first-order valence-corrected chi connectivity index (χ1v) is 3.78. The van der Waals surface area contributed by atoms with Crippen molar-refractivity contribution in [3.63, 3.8) is 0 Å². The largest absolute Gasteiger partial charge is 0.463 e. The Bertz CT molecular complexity index is 127. The topological polar surface area (TPSA) is 44.8 Å². The van der Waals surface area contributed by atoms with Gasteiger partial charge in [-0.15, -0.1) is 0 Å². The third-order valence-electron chi connectivity index (χ3n) is 1.08. The van der Waals surface area contributed by atoms with Gasteiger partial charge in [0, 0.05) is 6.42 Å². The summed E-state index contributed by atoms with van der Waals surface area (Å²) in [7, 11) is 0. The van der Waals surface area contributed by atoms with Gasteiger partial charge in [-0.2, -0.15) is 4.94 Å². The average molecular weight is 260 g/mol. The number of hydrogen-bond acceptors (Lipinski definition) is 4. The minimum Gasteiger partial charge on any atom is -0.463 e. The lowest BCUT2D eigenvalue weighted by Gasteiger charge is -2.03. The Hall–Kier alpha value is -0.960. The van der Waals surface area contributed by atoms with Gasteiger partial charge in [0.2, 0.25) is 0 Å². The van der Waals surface area contributed by atoms with Crippen molar-refractivity contribution in [1.82, 2.24) is 0 Å². The monoisotopic (exact) mass is 260 g/mol. The first kappa shape index (κ1) is 29.4. The zero-order chi connectivity index (χ0) is 9.23. The number of halogens is 5. The second-order valence-electron chi connectivity index (χ2n) is 2.00. The molecule has 0 unspecified atom stereocenters. The van der Waals surface area contributed by atoms with Crippen molar-refractivity contribution in [2.24, 2.45) is 0 Å². The van der Waals surface area contributed by atoms with Crippen LogP contribution in [0.25, 0.3) is 0 Å². The molecule has 16 heavy (non-hydrogen) atoms. The molecule has 0 aromatic rings. The molecule has 0 radical (unpaired) electrons. The SMILES string of the molecule is CCC(=O)OCCOCCOF.F.F.F.F. The van der Waals surface area contributed by atoms with Crippen LogP contribution in [0.15, 0.2) is 0 Å². The van der Waals surface area contributed by atoms with E-state index in [1.54, 1.807) is 6.92 Å². The van der Waals surface area contributed by atoms with Crippen molar-refractivity contribution in [2.75, 3.05) is 26.4 Å². The summed E-state index contributed by atoms with van der Waals surface area (Å²) in [6, 6.07) is 0. The van der Waals surface area contributed by atoms with E-state index in [-0.39, 0.29) is 51.2 Å². The lowest BCUT2D eigenvalue weighted by molar-refractivity contribution is -0.152. The Morgan fingerprint density at radius 1 is 1.00 bits per heavy atom. The van der Waals surface area contributed by atoms with E-state index in [4.69, 9.17) is 4.74 Å². The van der Waals surface area contributed by atoms with Gasteiger partial charge in [0.15, 0.2) is 0 Å². The molecule has 0 saturated carbocycles. The number of carbonyl (C=O) groups excluding carboxylic acids is 1. The van der Waals surface area contributed by atoms with Crippen LogP contribution >= 0.6 is 0 Å². The summed E-state index contributed by atoms with van der Waals surface area (Å²) >= 11 is 0. The molecule has 0 aromatic carbocycles. The van der Waals surface area contributed by atoms with E-state index in [9.17, 15) is 9.32 Å². The van der Waals surface area contributed by atoms with Gasteiger partial charge >= 0.3 is 5.97 Å². The molecular formula is C7H17F5O4. The van der Waals surface area contributed by atoms with Crippen molar-refractivity contribution in [3.8, 4) is 0 Å². The molecule has 0 atom stereocenters. The van der Waals surface area contributed by atoms with Crippen LogP contribution in [0.1, 0.15) is 13.3 Å². The fraction of sp³-hybridized carbons (Fsp3) is 0.857. The molecule has 0 amide bonds. The number of ether oxygens (including phenoxy) is 2. The molecule has 0 aliphatic rings. The lowest BCUT2D eigenvalue weighted by atomic mass is 10.5. The summed E-state index contributed by atoms with van der Waals surface area (Å²) in [4.78, 5) is 13.8. The minimum atomic E-state index is -0.264. The van der Waals surface area contributed by atoms with Gasteiger partial charge in [-0.25, -0.2) is 0 Å². The number of esters is 1. The van der Waals surface area contributed by atoms with Crippen molar-refractivity contribution in [3.05, 3.63) is 0 Å². The first-order valence-electron chi connectivity index (χ1n) is 3.78. The summed E-state index contributed by atoms with van der Waals surface area (Å²) in [6.45, 7) is 2.26. The maximum Gasteiger partial charge on any atom is 0.305 e. The molecule has 0 heterocycles. The van der Waals surface area contributed by atoms with Gasteiger partial charge in [-0.3, -0.25) is 23.6 Å². The van der Waals surface area contributed by atoms with Crippen LogP contribution in [0.5, 0.6) is 0 Å². The van der Waals surface area contributed by atoms with Crippen LogP contribution < -0.4 is 0 Å². The molecule has 0 bridgehead atoms. The first-order chi connectivity index (χ1) is 5.81. The summed E-state index contributed by atoms with van der Waals surface area (Å²) in [5.41, 5.74) is 0. The van der Waals surface area contributed by atoms with Crippen LogP contribution in [0.4, 0.5) is 23.3 Å². The second-order valence-corrected chi connectivity index (χ2v) is 2.00. The summed E-state index contributed by atoms with van der Waals surface area (Å²) in [5.74, 6) is -0.264. The Kier molecular flexibility index (Phi) is 43.5. The second kappa shape index (κ2) is 23.7. The normalized spacial score (nSPS) is 7.38. The highest BCUT2D eigenvalue weighted by Crippen LogP contribution is 1.85. The van der Waals surface area contributed by atoms with Crippen LogP contribution in [0.2, 0.25) is 0 Å². The van der Waals surface area contributed by atoms with Gasteiger partial charge in [-0.1, -0.05) is 6.92 Å². The van der Waals surface area contributed by atoms with Crippen LogP contribution in [-0.4, -0.2) is 32.4 Å². The van der Waals surface area contributed by atoms with E-state index in [1.165, 1.54) is 0 Å². The number of hydrogen-bond donors (Lipinski definition) is 0. The van der Waals surface area contributed by atoms with Crippen molar-refractivity contribution in [2.45, 2.75) is 13.3 Å². The molecule has 0 aliphatic heterocycles. The van der Waals surface area contributed by atoms with Gasteiger partial charge in [0.1, 0.15) is 13.2 Å². The summed E-state index contributed by atoms with van der Waals surface area (Å²) in [6.07, 6.45) is 0.355. The molecule has 0 aromatic heterocycles. The lowest BCUT2D eigenvalue weighted by Crippen LogP contribution is -2.11. The Balaban J connectivity index is -0.000000101. The maximum atomic E-state index is 11.0. The van der Waals surface area contributed by atoms with E-state index in [2.05, 4.69) is 9.68 Å². The van der Waals surface area contributed by atoms with E-state index in [0.717, 1.165) is 0 Å². The van der Waals surface area contributed by atoms with Gasteiger partial charge < -0.3 is 9.47 Å². The highest BCUT2D eigenvalue weighted by Gasteiger charge is 1.96. The van der Waals surface area contributed by atoms with Gasteiger partial charge in [0.25, 0.3) is 0 Å². The zero-order valence-electron chi connectivity index (χ0n) is 8.68. The molecular weight excluding hydrogens is 243 g/mol. The third kappa shape index (κ3) is 23.1. The van der Waals surface area contributed by atoms with E-state index in [0.29, 0.717) is 6.42 Å². The number of carbonyl (C=O) groups is 1. The smallest absolute Gasteiger partial charge is 0.305 e. The Morgan fingerprint density at radius 3 is 1.94 bits per heavy atom. The summed E-state index contributed by atoms with van der Waals surface area (Å²) in [5, 5.41) is 0. The zero-order valence-corrected chi connectivity index (χ0v) is 8.68. The summed E-state index contributed by atoms with van der Waals surface area (Å²) < 4.78 is 20.5. The van der Waals surface area contributed by atoms with Crippen molar-refractivity contribution < 1.29 is 42.6 Å². The molecule has 9 heteroatoms. The Labute approximate surface area is 89.4 Å². The van der Waals surface area contributed by atoms with Gasteiger partial charge in [-0.05, 0) is 4.53 Å². The minimum absolute atomic E-state index is 0. The van der Waals surface area contributed by atoms with Crippen LogP contribution in [0.3, 0.4) is 0 Å². The Morgan fingerprint density at radius 2 is 1.50 bits per heavy atom. The molecule has 0 N–H and O–H groups in total. The standard InChI is InChI=1S/C7H13FO4.4FH/c1-2-7(9)11-5-3-10-4-6-12-8;;;;/h2-6H2,1H3;4*1H. The van der Waals surface area contributed by atoms with E-state index in [1.807, 2.05) is 0 Å². The fourth-order valence-corrected chi connectivity index (χ4v) is 0.509.